The SMILES string of the molecule is CC(=O)Nc1nc(C)c(-c2ccc(Cl)nc2)s1. The van der Waals surface area contributed by atoms with E-state index >= 15 is 0 Å². The van der Waals surface area contributed by atoms with Gasteiger partial charge in [0.25, 0.3) is 0 Å². The zero-order chi connectivity index (χ0) is 12.4. The van der Waals surface area contributed by atoms with Gasteiger partial charge in [-0.15, -0.1) is 0 Å². The third-order valence-corrected chi connectivity index (χ3v) is 3.41. The lowest BCUT2D eigenvalue weighted by atomic mass is 10.2. The van der Waals surface area contributed by atoms with Gasteiger partial charge in [0.1, 0.15) is 5.15 Å². The zero-order valence-electron chi connectivity index (χ0n) is 9.32. The van der Waals surface area contributed by atoms with Crippen LogP contribution < -0.4 is 5.32 Å². The van der Waals surface area contributed by atoms with Crippen molar-refractivity contribution in [3.63, 3.8) is 0 Å². The minimum Gasteiger partial charge on any atom is -0.302 e. The van der Waals surface area contributed by atoms with Crippen molar-refractivity contribution < 1.29 is 4.79 Å². The van der Waals surface area contributed by atoms with E-state index in [0.29, 0.717) is 10.3 Å². The lowest BCUT2D eigenvalue weighted by molar-refractivity contribution is -0.114. The molecule has 2 aromatic rings. The molecule has 0 spiro atoms. The fourth-order valence-electron chi connectivity index (χ4n) is 1.38. The molecule has 0 aliphatic rings. The van der Waals surface area contributed by atoms with Crippen molar-refractivity contribution in [2.24, 2.45) is 0 Å². The molecule has 0 unspecified atom stereocenters. The molecule has 17 heavy (non-hydrogen) atoms. The van der Waals surface area contributed by atoms with Gasteiger partial charge in [-0.25, -0.2) is 9.97 Å². The van der Waals surface area contributed by atoms with Gasteiger partial charge in [-0.2, -0.15) is 0 Å². The monoisotopic (exact) mass is 267 g/mol. The van der Waals surface area contributed by atoms with Crippen molar-refractivity contribution in [1.29, 1.82) is 0 Å². The number of aryl methyl sites for hydroxylation is 1. The molecule has 0 bridgehead atoms. The minimum atomic E-state index is -0.125. The first kappa shape index (κ1) is 12.0. The molecule has 0 aliphatic heterocycles. The average Bonchev–Trinajstić information content (AvgIpc) is 2.59. The van der Waals surface area contributed by atoms with Crippen LogP contribution in [0.2, 0.25) is 5.15 Å². The van der Waals surface area contributed by atoms with Crippen molar-refractivity contribution in [2.45, 2.75) is 13.8 Å². The quantitative estimate of drug-likeness (QED) is 0.851. The van der Waals surface area contributed by atoms with Crippen LogP contribution in [0.15, 0.2) is 18.3 Å². The molecule has 0 aromatic carbocycles. The molecule has 0 saturated carbocycles. The molecule has 2 aromatic heterocycles. The molecular formula is C11H10ClN3OS. The van der Waals surface area contributed by atoms with Crippen molar-refractivity contribution >= 4 is 34.0 Å². The number of carbonyl (C=O) groups excluding carboxylic acids is 1. The molecule has 0 fully saturated rings. The van der Waals surface area contributed by atoms with Crippen LogP contribution in [0.1, 0.15) is 12.6 Å². The summed E-state index contributed by atoms with van der Waals surface area (Å²) in [7, 11) is 0. The van der Waals surface area contributed by atoms with Crippen LogP contribution in [0.5, 0.6) is 0 Å². The minimum absolute atomic E-state index is 0.125. The zero-order valence-corrected chi connectivity index (χ0v) is 10.9. The summed E-state index contributed by atoms with van der Waals surface area (Å²) in [6, 6.07) is 3.61. The highest BCUT2D eigenvalue weighted by atomic mass is 35.5. The second kappa shape index (κ2) is 4.81. The van der Waals surface area contributed by atoms with Crippen LogP contribution in [-0.2, 0) is 4.79 Å². The number of aromatic nitrogens is 2. The van der Waals surface area contributed by atoms with Gasteiger partial charge in [-0.3, -0.25) is 4.79 Å². The van der Waals surface area contributed by atoms with Gasteiger partial charge in [-0.05, 0) is 19.1 Å². The Morgan fingerprint density at radius 1 is 1.47 bits per heavy atom. The number of rotatable bonds is 2. The number of carbonyl (C=O) groups is 1. The Morgan fingerprint density at radius 3 is 2.82 bits per heavy atom. The fourth-order valence-corrected chi connectivity index (χ4v) is 2.49. The standard InChI is InChI=1S/C11H10ClN3OS/c1-6-10(8-3-4-9(12)13-5-8)17-11(14-6)15-7(2)16/h3-5H,1-2H3,(H,14,15,16). The number of nitrogens with one attached hydrogen (secondary N) is 1. The Morgan fingerprint density at radius 2 is 2.24 bits per heavy atom. The van der Waals surface area contributed by atoms with Gasteiger partial charge in [-0.1, -0.05) is 22.9 Å². The van der Waals surface area contributed by atoms with Gasteiger partial charge < -0.3 is 5.32 Å². The summed E-state index contributed by atoms with van der Waals surface area (Å²) in [5.41, 5.74) is 1.81. The van der Waals surface area contributed by atoms with Gasteiger partial charge in [0, 0.05) is 18.7 Å². The predicted octanol–water partition coefficient (Wildman–Crippen LogP) is 3.13. The average molecular weight is 268 g/mol. The molecule has 2 rings (SSSR count). The number of halogens is 1. The van der Waals surface area contributed by atoms with Crippen LogP contribution >= 0.6 is 22.9 Å². The van der Waals surface area contributed by atoms with Crippen LogP contribution in [0, 0.1) is 6.92 Å². The molecule has 0 saturated heterocycles. The van der Waals surface area contributed by atoms with Gasteiger partial charge in [0.2, 0.25) is 5.91 Å². The third kappa shape index (κ3) is 2.81. The molecule has 2 heterocycles. The number of anilines is 1. The van der Waals surface area contributed by atoms with Crippen molar-refractivity contribution in [3.05, 3.63) is 29.2 Å². The van der Waals surface area contributed by atoms with Crippen LogP contribution in [0.3, 0.4) is 0 Å². The van der Waals surface area contributed by atoms with Crippen molar-refractivity contribution in [2.75, 3.05) is 5.32 Å². The first-order valence-electron chi connectivity index (χ1n) is 4.93. The highest BCUT2D eigenvalue weighted by Gasteiger charge is 2.10. The number of thiazole rings is 1. The van der Waals surface area contributed by atoms with Gasteiger partial charge >= 0.3 is 0 Å². The third-order valence-electron chi connectivity index (χ3n) is 2.07. The summed E-state index contributed by atoms with van der Waals surface area (Å²) >= 11 is 7.15. The molecular weight excluding hydrogens is 258 g/mol. The second-order valence-corrected chi connectivity index (χ2v) is 4.87. The van der Waals surface area contributed by atoms with E-state index in [1.54, 1.807) is 12.3 Å². The maximum atomic E-state index is 10.9. The molecule has 0 atom stereocenters. The van der Waals surface area contributed by atoms with Gasteiger partial charge in [0.05, 0.1) is 10.6 Å². The van der Waals surface area contributed by atoms with E-state index in [1.807, 2.05) is 13.0 Å². The highest BCUT2D eigenvalue weighted by Crippen LogP contribution is 2.32. The first-order valence-corrected chi connectivity index (χ1v) is 6.12. The summed E-state index contributed by atoms with van der Waals surface area (Å²) in [4.78, 5) is 20.2. The fraction of sp³-hybridized carbons (Fsp3) is 0.182. The Labute approximate surface area is 108 Å². The Bertz CT molecular complexity index is 550. The van der Waals surface area contributed by atoms with E-state index in [1.165, 1.54) is 18.3 Å². The molecule has 1 N–H and O–H groups in total. The largest absolute Gasteiger partial charge is 0.302 e. The molecule has 4 nitrogen and oxygen atoms in total. The Hall–Kier alpha value is -1.46. The van der Waals surface area contributed by atoms with E-state index < -0.39 is 0 Å². The second-order valence-electron chi connectivity index (χ2n) is 3.48. The molecule has 0 radical (unpaired) electrons. The summed E-state index contributed by atoms with van der Waals surface area (Å²) in [6.45, 7) is 3.35. The van der Waals surface area contributed by atoms with Crippen LogP contribution in [0.4, 0.5) is 5.13 Å². The van der Waals surface area contributed by atoms with E-state index in [0.717, 1.165) is 16.1 Å². The summed E-state index contributed by atoms with van der Waals surface area (Å²) in [5.74, 6) is -0.125. The summed E-state index contributed by atoms with van der Waals surface area (Å²) in [6.07, 6.45) is 1.69. The van der Waals surface area contributed by atoms with Crippen LogP contribution in [-0.4, -0.2) is 15.9 Å². The summed E-state index contributed by atoms with van der Waals surface area (Å²) in [5, 5.41) is 3.72. The predicted molar refractivity (Wildman–Crippen MR) is 69.4 cm³/mol. The maximum absolute atomic E-state index is 10.9. The van der Waals surface area contributed by atoms with Crippen molar-refractivity contribution in [1.82, 2.24) is 9.97 Å². The first-order chi connectivity index (χ1) is 8.06. The molecule has 6 heteroatoms. The number of hydrogen-bond donors (Lipinski definition) is 1. The number of nitrogens with zero attached hydrogens (tertiary/aromatic N) is 2. The maximum Gasteiger partial charge on any atom is 0.223 e. The van der Waals surface area contributed by atoms with Gasteiger partial charge in [0.15, 0.2) is 5.13 Å². The van der Waals surface area contributed by atoms with E-state index in [2.05, 4.69) is 15.3 Å². The molecule has 1 amide bonds. The molecule has 0 aliphatic carbocycles. The Kier molecular flexibility index (Phi) is 3.40. The Balaban J connectivity index is 2.35. The molecule has 88 valence electrons. The van der Waals surface area contributed by atoms with E-state index in [4.69, 9.17) is 11.6 Å². The smallest absolute Gasteiger partial charge is 0.223 e. The number of hydrogen-bond acceptors (Lipinski definition) is 4. The normalized spacial score (nSPS) is 10.3. The highest BCUT2D eigenvalue weighted by molar-refractivity contribution is 7.19. The number of pyridine rings is 1. The number of amides is 1. The topological polar surface area (TPSA) is 54.9 Å². The van der Waals surface area contributed by atoms with Crippen LogP contribution in [0.25, 0.3) is 10.4 Å². The lowest BCUT2D eigenvalue weighted by Crippen LogP contribution is -2.04. The van der Waals surface area contributed by atoms with E-state index in [-0.39, 0.29) is 5.91 Å². The van der Waals surface area contributed by atoms with E-state index in [9.17, 15) is 4.79 Å². The van der Waals surface area contributed by atoms with Crippen molar-refractivity contribution in [3.8, 4) is 10.4 Å². The summed E-state index contributed by atoms with van der Waals surface area (Å²) < 4.78 is 0. The lowest BCUT2D eigenvalue weighted by Gasteiger charge is -1.97.